The zero-order valence-corrected chi connectivity index (χ0v) is 18.7. The second-order valence-corrected chi connectivity index (χ2v) is 8.03. The summed E-state index contributed by atoms with van der Waals surface area (Å²) in [7, 11) is 3.11. The number of halogens is 1. The van der Waals surface area contributed by atoms with Crippen LogP contribution in [0.4, 0.5) is 4.39 Å². The molecule has 172 valence electrons. The van der Waals surface area contributed by atoms with E-state index >= 15 is 0 Å². The Morgan fingerprint density at radius 1 is 0.941 bits per heavy atom. The van der Waals surface area contributed by atoms with E-state index in [9.17, 15) is 14.0 Å². The molecule has 0 N–H and O–H groups in total. The van der Waals surface area contributed by atoms with E-state index in [1.807, 2.05) is 12.1 Å². The van der Waals surface area contributed by atoms with Crippen molar-refractivity contribution in [3.05, 3.63) is 105 Å². The maximum Gasteiger partial charge on any atom is 0.290 e. The zero-order valence-electron chi connectivity index (χ0n) is 18.7. The highest BCUT2D eigenvalue weighted by Gasteiger charge is 2.43. The predicted octanol–water partition coefficient (Wildman–Crippen LogP) is 4.74. The lowest BCUT2D eigenvalue weighted by Gasteiger charge is -2.25. The number of benzene rings is 3. The molecule has 7 heteroatoms. The summed E-state index contributed by atoms with van der Waals surface area (Å²) >= 11 is 0. The standard InChI is InChI=1S/C27H22FNO5/c1-32-21-12-11-16(15-22(21)33-2)13-14-29-24(17-7-3-5-9-19(17)28)23-25(30)18-8-4-6-10-20(18)34-26(23)27(29)31/h3-12,15,24H,13-14H2,1-2H3/t24-/m1/s1. The third-order valence-corrected chi connectivity index (χ3v) is 6.16. The van der Waals surface area contributed by atoms with Crippen LogP contribution in [0.2, 0.25) is 0 Å². The van der Waals surface area contributed by atoms with Gasteiger partial charge < -0.3 is 18.8 Å². The van der Waals surface area contributed by atoms with Crippen molar-refractivity contribution in [2.24, 2.45) is 0 Å². The Kier molecular flexibility index (Phi) is 5.53. The quantitative estimate of drug-likeness (QED) is 0.417. The van der Waals surface area contributed by atoms with E-state index in [-0.39, 0.29) is 28.9 Å². The van der Waals surface area contributed by atoms with Crippen LogP contribution in [0, 0.1) is 5.82 Å². The lowest BCUT2D eigenvalue weighted by molar-refractivity contribution is 0.0728. The van der Waals surface area contributed by atoms with Gasteiger partial charge in [-0.15, -0.1) is 0 Å². The SMILES string of the molecule is COc1ccc(CCN2C(=O)c3oc4ccccc4c(=O)c3[C@H]2c2ccccc2F)cc1OC. The van der Waals surface area contributed by atoms with Gasteiger partial charge in [0.2, 0.25) is 5.76 Å². The maximum absolute atomic E-state index is 14.9. The van der Waals surface area contributed by atoms with Crippen molar-refractivity contribution < 1.29 is 23.1 Å². The summed E-state index contributed by atoms with van der Waals surface area (Å²) in [6, 6.07) is 17.6. The van der Waals surface area contributed by atoms with Gasteiger partial charge in [0.15, 0.2) is 16.9 Å². The van der Waals surface area contributed by atoms with E-state index in [0.29, 0.717) is 28.9 Å². The minimum atomic E-state index is -0.885. The lowest BCUT2D eigenvalue weighted by atomic mass is 9.98. The number of para-hydroxylation sites is 1. The first-order valence-electron chi connectivity index (χ1n) is 10.9. The van der Waals surface area contributed by atoms with E-state index in [1.165, 1.54) is 11.0 Å². The van der Waals surface area contributed by atoms with Crippen LogP contribution >= 0.6 is 0 Å². The molecule has 2 heterocycles. The first-order chi connectivity index (χ1) is 16.5. The molecule has 0 unspecified atom stereocenters. The number of rotatable bonds is 6. The van der Waals surface area contributed by atoms with E-state index in [0.717, 1.165) is 5.56 Å². The molecule has 3 aromatic carbocycles. The van der Waals surface area contributed by atoms with Crippen LogP contribution in [0.15, 0.2) is 75.9 Å². The Labute approximate surface area is 195 Å². The van der Waals surface area contributed by atoms with Crippen LogP contribution in [0.5, 0.6) is 11.5 Å². The van der Waals surface area contributed by atoms with Crippen molar-refractivity contribution in [1.82, 2.24) is 4.90 Å². The Morgan fingerprint density at radius 3 is 2.44 bits per heavy atom. The minimum absolute atomic E-state index is 0.0377. The van der Waals surface area contributed by atoms with Crippen LogP contribution in [0.1, 0.15) is 33.3 Å². The molecule has 0 saturated heterocycles. The van der Waals surface area contributed by atoms with Gasteiger partial charge in [-0.05, 0) is 42.3 Å². The number of amides is 1. The molecule has 0 aliphatic carbocycles. The number of carbonyl (C=O) groups excluding carboxylic acids is 1. The molecule has 0 fully saturated rings. The molecule has 0 saturated carbocycles. The summed E-state index contributed by atoms with van der Waals surface area (Å²) in [5.74, 6) is 0.207. The average Bonchev–Trinajstić information content (AvgIpc) is 3.14. The summed E-state index contributed by atoms with van der Waals surface area (Å²) < 4.78 is 31.5. The predicted molar refractivity (Wildman–Crippen MR) is 125 cm³/mol. The monoisotopic (exact) mass is 459 g/mol. The van der Waals surface area contributed by atoms with Gasteiger partial charge in [0, 0.05) is 12.1 Å². The summed E-state index contributed by atoms with van der Waals surface area (Å²) in [5.41, 5.74) is 1.32. The van der Waals surface area contributed by atoms with E-state index < -0.39 is 17.8 Å². The smallest absolute Gasteiger partial charge is 0.290 e. The van der Waals surface area contributed by atoms with Crippen molar-refractivity contribution in [2.45, 2.75) is 12.5 Å². The van der Waals surface area contributed by atoms with Gasteiger partial charge in [0.05, 0.1) is 31.2 Å². The summed E-state index contributed by atoms with van der Waals surface area (Å²) in [4.78, 5) is 28.4. The first-order valence-corrected chi connectivity index (χ1v) is 10.9. The van der Waals surface area contributed by atoms with Crippen LogP contribution < -0.4 is 14.9 Å². The first kappa shape index (κ1) is 21.7. The Hall–Kier alpha value is -4.13. The van der Waals surface area contributed by atoms with Crippen LogP contribution in [-0.2, 0) is 6.42 Å². The third-order valence-electron chi connectivity index (χ3n) is 6.16. The van der Waals surface area contributed by atoms with Crippen LogP contribution in [-0.4, -0.2) is 31.6 Å². The molecule has 0 radical (unpaired) electrons. The van der Waals surface area contributed by atoms with Gasteiger partial charge in [0.25, 0.3) is 5.91 Å². The van der Waals surface area contributed by atoms with Crippen LogP contribution in [0.25, 0.3) is 11.0 Å². The van der Waals surface area contributed by atoms with Crippen molar-refractivity contribution in [3.63, 3.8) is 0 Å². The number of hydrogen-bond acceptors (Lipinski definition) is 5. The molecule has 0 bridgehead atoms. The number of carbonyl (C=O) groups is 1. The van der Waals surface area contributed by atoms with Gasteiger partial charge in [-0.3, -0.25) is 9.59 Å². The topological polar surface area (TPSA) is 69.0 Å². The third kappa shape index (κ3) is 3.50. The highest BCUT2D eigenvalue weighted by molar-refractivity contribution is 5.99. The summed E-state index contributed by atoms with van der Waals surface area (Å²) in [6.45, 7) is 0.243. The molecule has 1 aromatic heterocycles. The van der Waals surface area contributed by atoms with Gasteiger partial charge in [0.1, 0.15) is 11.4 Å². The Morgan fingerprint density at radius 2 is 1.68 bits per heavy atom. The molecule has 6 nitrogen and oxygen atoms in total. The van der Waals surface area contributed by atoms with Crippen molar-refractivity contribution >= 4 is 16.9 Å². The molecule has 1 amide bonds. The zero-order chi connectivity index (χ0) is 23.8. The Bertz CT molecular complexity index is 1460. The molecule has 4 aromatic rings. The highest BCUT2D eigenvalue weighted by atomic mass is 19.1. The normalized spacial score (nSPS) is 15.0. The number of nitrogens with zero attached hydrogens (tertiary/aromatic N) is 1. The fourth-order valence-electron chi connectivity index (χ4n) is 4.50. The molecule has 0 spiro atoms. The lowest BCUT2D eigenvalue weighted by Crippen LogP contribution is -2.32. The summed E-state index contributed by atoms with van der Waals surface area (Å²) in [5, 5.41) is 0.358. The van der Waals surface area contributed by atoms with E-state index in [4.69, 9.17) is 13.9 Å². The molecular formula is C27H22FNO5. The number of fused-ring (bicyclic) bond motifs is 2. The fraction of sp³-hybridized carbons (Fsp3) is 0.185. The van der Waals surface area contributed by atoms with Gasteiger partial charge in [-0.1, -0.05) is 36.4 Å². The molecule has 1 aliphatic rings. The van der Waals surface area contributed by atoms with Crippen LogP contribution in [0.3, 0.4) is 0 Å². The molecule has 1 atom stereocenters. The summed E-state index contributed by atoms with van der Waals surface area (Å²) in [6.07, 6.45) is 0.457. The van der Waals surface area contributed by atoms with Crippen molar-refractivity contribution in [3.8, 4) is 11.5 Å². The maximum atomic E-state index is 14.9. The number of ether oxygens (including phenoxy) is 2. The minimum Gasteiger partial charge on any atom is -0.493 e. The highest BCUT2D eigenvalue weighted by Crippen LogP contribution is 2.39. The molecule has 1 aliphatic heterocycles. The molecule has 34 heavy (non-hydrogen) atoms. The van der Waals surface area contributed by atoms with Gasteiger partial charge in [-0.25, -0.2) is 4.39 Å². The van der Waals surface area contributed by atoms with E-state index in [1.54, 1.807) is 62.8 Å². The average molecular weight is 459 g/mol. The largest absolute Gasteiger partial charge is 0.493 e. The second kappa shape index (κ2) is 8.67. The van der Waals surface area contributed by atoms with Crippen molar-refractivity contribution in [2.75, 3.05) is 20.8 Å². The fourth-order valence-corrected chi connectivity index (χ4v) is 4.50. The van der Waals surface area contributed by atoms with Gasteiger partial charge in [-0.2, -0.15) is 0 Å². The molecule has 5 rings (SSSR count). The van der Waals surface area contributed by atoms with E-state index in [2.05, 4.69) is 0 Å². The Balaban J connectivity index is 1.59. The number of hydrogen-bond donors (Lipinski definition) is 0. The second-order valence-electron chi connectivity index (χ2n) is 8.03. The molecular weight excluding hydrogens is 437 g/mol. The van der Waals surface area contributed by atoms with Crippen molar-refractivity contribution in [1.29, 1.82) is 0 Å². The number of methoxy groups -OCH3 is 2. The van der Waals surface area contributed by atoms with Gasteiger partial charge >= 0.3 is 0 Å².